The molecule has 2 aromatic carbocycles. The number of esters is 1. The summed E-state index contributed by atoms with van der Waals surface area (Å²) in [6.45, 7) is 7.32. The minimum Gasteiger partial charge on any atom is -0.423 e. The van der Waals surface area contributed by atoms with E-state index >= 15 is 0 Å². The highest BCUT2D eigenvalue weighted by molar-refractivity contribution is 7.21. The van der Waals surface area contributed by atoms with Crippen molar-refractivity contribution >= 4 is 27.5 Å². The van der Waals surface area contributed by atoms with Crippen LogP contribution in [0.2, 0.25) is 0 Å². The van der Waals surface area contributed by atoms with Gasteiger partial charge in [-0.15, -0.1) is 11.3 Å². The summed E-state index contributed by atoms with van der Waals surface area (Å²) in [7, 11) is 0. The van der Waals surface area contributed by atoms with Gasteiger partial charge in [0.25, 0.3) is 0 Å². The lowest BCUT2D eigenvalue weighted by Gasteiger charge is -2.12. The van der Waals surface area contributed by atoms with Gasteiger partial charge in [-0.3, -0.25) is 0 Å². The van der Waals surface area contributed by atoms with Gasteiger partial charge in [-0.05, 0) is 31.5 Å². The molecule has 116 valence electrons. The Kier molecular flexibility index (Phi) is 4.26. The van der Waals surface area contributed by atoms with E-state index in [9.17, 15) is 4.79 Å². The smallest absolute Gasteiger partial charge is 0.338 e. The minimum absolute atomic E-state index is 0.387. The number of hydrogen-bond acceptors (Lipinski definition) is 4. The van der Waals surface area contributed by atoms with Crippen LogP contribution in [0, 0.1) is 0 Å². The number of aromatic nitrogens is 1. The highest BCUT2D eigenvalue weighted by atomic mass is 32.1. The molecule has 4 heteroatoms. The topological polar surface area (TPSA) is 39.2 Å². The molecule has 0 aliphatic carbocycles. The fourth-order valence-corrected chi connectivity index (χ4v) is 3.42. The first kappa shape index (κ1) is 15.4. The molecule has 0 radical (unpaired) electrons. The fourth-order valence-electron chi connectivity index (χ4n) is 2.40. The van der Waals surface area contributed by atoms with Crippen molar-refractivity contribution in [3.8, 4) is 16.3 Å². The molecule has 0 aliphatic rings. The van der Waals surface area contributed by atoms with Gasteiger partial charge in [0.15, 0.2) is 0 Å². The molecule has 0 fully saturated rings. The van der Waals surface area contributed by atoms with Crippen molar-refractivity contribution in [2.45, 2.75) is 20.3 Å². The van der Waals surface area contributed by atoms with Gasteiger partial charge in [-0.1, -0.05) is 37.8 Å². The molecule has 0 spiro atoms. The van der Waals surface area contributed by atoms with Gasteiger partial charge in [0.1, 0.15) is 10.8 Å². The van der Waals surface area contributed by atoms with Gasteiger partial charge in [0.05, 0.1) is 10.2 Å². The van der Waals surface area contributed by atoms with Crippen molar-refractivity contribution in [1.29, 1.82) is 0 Å². The van der Waals surface area contributed by atoms with Crippen LogP contribution in [0.15, 0.2) is 54.6 Å². The Balaban J connectivity index is 2.08. The number of fused-ring (bicyclic) bond motifs is 1. The predicted molar refractivity (Wildman–Crippen MR) is 94.9 cm³/mol. The van der Waals surface area contributed by atoms with E-state index < -0.39 is 5.97 Å². The zero-order valence-electron chi connectivity index (χ0n) is 13.1. The first-order chi connectivity index (χ1) is 11.1. The number of hydrogen-bond donors (Lipinski definition) is 0. The highest BCUT2D eigenvalue weighted by Crippen LogP contribution is 2.36. The third-order valence-corrected chi connectivity index (χ3v) is 4.63. The van der Waals surface area contributed by atoms with Gasteiger partial charge in [-0.25, -0.2) is 9.78 Å². The SMILES string of the molecule is C=C(C)C(=O)Oc1cccc(-c2nc3ccccc3s2)c1CC. The van der Waals surface area contributed by atoms with E-state index in [0.29, 0.717) is 11.3 Å². The highest BCUT2D eigenvalue weighted by Gasteiger charge is 2.15. The van der Waals surface area contributed by atoms with Crippen LogP contribution in [0.3, 0.4) is 0 Å². The van der Waals surface area contributed by atoms with Crippen LogP contribution >= 0.6 is 11.3 Å². The van der Waals surface area contributed by atoms with E-state index in [-0.39, 0.29) is 0 Å². The third-order valence-electron chi connectivity index (χ3n) is 3.56. The maximum Gasteiger partial charge on any atom is 0.338 e. The molecule has 1 heterocycles. The van der Waals surface area contributed by atoms with E-state index in [4.69, 9.17) is 9.72 Å². The molecule has 0 atom stereocenters. The summed E-state index contributed by atoms with van der Waals surface area (Å²) in [4.78, 5) is 16.5. The molecule has 0 N–H and O–H groups in total. The molecule has 3 rings (SSSR count). The lowest BCUT2D eigenvalue weighted by molar-refractivity contribution is -0.130. The monoisotopic (exact) mass is 323 g/mol. The number of para-hydroxylation sites is 1. The fraction of sp³-hybridized carbons (Fsp3) is 0.158. The number of benzene rings is 2. The zero-order chi connectivity index (χ0) is 16.4. The summed E-state index contributed by atoms with van der Waals surface area (Å²) in [5, 5.41) is 0.941. The number of carbonyl (C=O) groups is 1. The molecule has 0 saturated carbocycles. The second-order valence-corrected chi connectivity index (χ2v) is 6.32. The average Bonchev–Trinajstić information content (AvgIpc) is 2.98. The second-order valence-electron chi connectivity index (χ2n) is 5.29. The summed E-state index contributed by atoms with van der Waals surface area (Å²) in [6.07, 6.45) is 0.755. The van der Waals surface area contributed by atoms with Crippen LogP contribution in [-0.4, -0.2) is 11.0 Å². The van der Waals surface area contributed by atoms with Crippen LogP contribution < -0.4 is 4.74 Å². The number of rotatable bonds is 4. The van der Waals surface area contributed by atoms with Crippen molar-refractivity contribution in [1.82, 2.24) is 4.98 Å². The van der Waals surface area contributed by atoms with E-state index in [1.807, 2.05) is 43.3 Å². The summed E-state index contributed by atoms with van der Waals surface area (Å²) < 4.78 is 6.62. The van der Waals surface area contributed by atoms with Crippen molar-refractivity contribution in [3.05, 3.63) is 60.2 Å². The molecule has 3 nitrogen and oxygen atoms in total. The largest absolute Gasteiger partial charge is 0.423 e. The van der Waals surface area contributed by atoms with Crippen molar-refractivity contribution in [2.24, 2.45) is 0 Å². The van der Waals surface area contributed by atoms with Crippen LogP contribution in [-0.2, 0) is 11.2 Å². The van der Waals surface area contributed by atoms with Gasteiger partial charge in [0.2, 0.25) is 0 Å². The maximum atomic E-state index is 11.8. The Morgan fingerprint density at radius 3 is 2.70 bits per heavy atom. The van der Waals surface area contributed by atoms with Crippen LogP contribution in [0.25, 0.3) is 20.8 Å². The standard InChI is InChI=1S/C19H17NO2S/c1-4-13-14(8-7-10-16(13)22-19(21)12(2)3)18-20-15-9-5-6-11-17(15)23-18/h5-11H,2,4H2,1,3H3. The van der Waals surface area contributed by atoms with Crippen molar-refractivity contribution in [3.63, 3.8) is 0 Å². The molecule has 23 heavy (non-hydrogen) atoms. The summed E-state index contributed by atoms with van der Waals surface area (Å²) in [5.41, 5.74) is 3.37. The molecule has 1 aromatic heterocycles. The molecule has 0 unspecified atom stereocenters. The quantitative estimate of drug-likeness (QED) is 0.385. The van der Waals surface area contributed by atoms with Crippen LogP contribution in [0.5, 0.6) is 5.75 Å². The Labute approximate surface area is 139 Å². The zero-order valence-corrected chi connectivity index (χ0v) is 13.9. The average molecular weight is 323 g/mol. The Morgan fingerprint density at radius 2 is 2.00 bits per heavy atom. The van der Waals surface area contributed by atoms with Gasteiger partial charge in [-0.2, -0.15) is 0 Å². The van der Waals surface area contributed by atoms with Crippen molar-refractivity contribution in [2.75, 3.05) is 0 Å². The Hall–Kier alpha value is -2.46. The molecule has 0 amide bonds. The molecular weight excluding hydrogens is 306 g/mol. The van der Waals surface area contributed by atoms with Crippen LogP contribution in [0.1, 0.15) is 19.4 Å². The van der Waals surface area contributed by atoms with Crippen LogP contribution in [0.4, 0.5) is 0 Å². The van der Waals surface area contributed by atoms with Gasteiger partial charge >= 0.3 is 5.97 Å². The number of ether oxygens (including phenoxy) is 1. The molecule has 3 aromatic rings. The van der Waals surface area contributed by atoms with Gasteiger partial charge in [0, 0.05) is 16.7 Å². The lowest BCUT2D eigenvalue weighted by atomic mass is 10.0. The maximum absolute atomic E-state index is 11.8. The predicted octanol–water partition coefficient (Wildman–Crippen LogP) is 5.01. The van der Waals surface area contributed by atoms with E-state index in [1.165, 1.54) is 0 Å². The first-order valence-electron chi connectivity index (χ1n) is 7.45. The summed E-state index contributed by atoms with van der Waals surface area (Å²) in [6, 6.07) is 13.8. The minimum atomic E-state index is -0.402. The number of nitrogens with zero attached hydrogens (tertiary/aromatic N) is 1. The third kappa shape index (κ3) is 3.03. The number of carbonyl (C=O) groups excluding carboxylic acids is 1. The van der Waals surface area contributed by atoms with Gasteiger partial charge < -0.3 is 4.74 Å². The Morgan fingerprint density at radius 1 is 1.22 bits per heavy atom. The van der Waals surface area contributed by atoms with E-state index in [0.717, 1.165) is 32.8 Å². The van der Waals surface area contributed by atoms with E-state index in [1.54, 1.807) is 18.3 Å². The Bertz CT molecular complexity index is 862. The van der Waals surface area contributed by atoms with Crippen molar-refractivity contribution < 1.29 is 9.53 Å². The summed E-state index contributed by atoms with van der Waals surface area (Å²) >= 11 is 1.64. The molecule has 0 bridgehead atoms. The normalized spacial score (nSPS) is 10.7. The lowest BCUT2D eigenvalue weighted by Crippen LogP contribution is -2.10. The van der Waals surface area contributed by atoms with E-state index in [2.05, 4.69) is 12.6 Å². The number of thiazole rings is 1. The second kappa shape index (κ2) is 6.34. The molecule has 0 saturated heterocycles. The summed E-state index contributed by atoms with van der Waals surface area (Å²) in [5.74, 6) is 0.179. The molecule has 0 aliphatic heterocycles. The molecular formula is C19H17NO2S. The first-order valence-corrected chi connectivity index (χ1v) is 8.27.